The predicted octanol–water partition coefficient (Wildman–Crippen LogP) is 11.1. The van der Waals surface area contributed by atoms with Gasteiger partial charge in [0.25, 0.3) is 10.0 Å². The second kappa shape index (κ2) is 11.9. The first-order valence-corrected chi connectivity index (χ1v) is 18.9. The molecule has 7 heteroatoms. The number of aryl methyl sites for hydroxylation is 1. The number of anilines is 2. The highest BCUT2D eigenvalue weighted by Crippen LogP contribution is 2.51. The lowest BCUT2D eigenvalue weighted by Gasteiger charge is -2.33. The zero-order valence-electron chi connectivity index (χ0n) is 28.6. The second-order valence-corrected chi connectivity index (χ2v) is 15.1. The molecular formula is C46H30N4O2S. The van der Waals surface area contributed by atoms with Crippen LogP contribution in [0.1, 0.15) is 5.56 Å². The van der Waals surface area contributed by atoms with Crippen LogP contribution < -0.4 is 4.31 Å². The van der Waals surface area contributed by atoms with E-state index in [0.717, 1.165) is 54.6 Å². The molecule has 53 heavy (non-hydrogen) atoms. The third kappa shape index (κ3) is 4.93. The summed E-state index contributed by atoms with van der Waals surface area (Å²) in [6.07, 6.45) is 0. The molecule has 2 heterocycles. The van der Waals surface area contributed by atoms with Gasteiger partial charge in [-0.25, -0.2) is 27.7 Å². The lowest BCUT2D eigenvalue weighted by molar-refractivity contribution is 0.596. The summed E-state index contributed by atoms with van der Waals surface area (Å²) in [5.74, 6) is 1.52. The van der Waals surface area contributed by atoms with E-state index in [1.807, 2.05) is 134 Å². The maximum absolute atomic E-state index is 14.9. The van der Waals surface area contributed by atoms with Crippen molar-refractivity contribution in [1.82, 2.24) is 15.0 Å². The van der Waals surface area contributed by atoms with Gasteiger partial charge in [0.15, 0.2) is 17.5 Å². The lowest BCUT2D eigenvalue weighted by Crippen LogP contribution is -2.30. The van der Waals surface area contributed by atoms with Gasteiger partial charge in [0.2, 0.25) is 0 Å². The van der Waals surface area contributed by atoms with Crippen molar-refractivity contribution in [2.24, 2.45) is 0 Å². The molecule has 0 saturated carbocycles. The number of hydrogen-bond acceptors (Lipinski definition) is 5. The highest BCUT2D eigenvalue weighted by molar-refractivity contribution is 7.93. The average Bonchev–Trinajstić information content (AvgIpc) is 3.21. The van der Waals surface area contributed by atoms with Gasteiger partial charge in [-0.05, 0) is 69.6 Å². The molecular weight excluding hydrogens is 673 g/mol. The van der Waals surface area contributed by atoms with Crippen LogP contribution in [0.4, 0.5) is 11.4 Å². The summed E-state index contributed by atoms with van der Waals surface area (Å²) in [5, 5.41) is 6.52. The number of benzene rings is 8. The Balaban J connectivity index is 1.26. The van der Waals surface area contributed by atoms with E-state index in [4.69, 9.17) is 15.0 Å². The molecule has 1 aromatic heterocycles. The number of rotatable bonds is 4. The first-order valence-electron chi connectivity index (χ1n) is 17.5. The van der Waals surface area contributed by atoms with Crippen molar-refractivity contribution >= 4 is 53.7 Å². The molecule has 0 fully saturated rings. The summed E-state index contributed by atoms with van der Waals surface area (Å²) in [4.78, 5) is 15.2. The van der Waals surface area contributed by atoms with Crippen molar-refractivity contribution in [3.8, 4) is 45.3 Å². The quantitative estimate of drug-likeness (QED) is 0.171. The van der Waals surface area contributed by atoms with Gasteiger partial charge in [-0.1, -0.05) is 139 Å². The van der Waals surface area contributed by atoms with Gasteiger partial charge in [-0.3, -0.25) is 0 Å². The van der Waals surface area contributed by atoms with Gasteiger partial charge in [-0.2, -0.15) is 0 Å². The van der Waals surface area contributed by atoms with Crippen molar-refractivity contribution < 1.29 is 8.42 Å². The summed E-state index contributed by atoms with van der Waals surface area (Å²) in [6.45, 7) is 1.98. The van der Waals surface area contributed by atoms with Gasteiger partial charge in [0, 0.05) is 27.8 Å². The molecule has 0 spiro atoms. The Kier molecular flexibility index (Phi) is 7.00. The van der Waals surface area contributed by atoms with Crippen molar-refractivity contribution in [3.05, 3.63) is 169 Å². The Morgan fingerprint density at radius 1 is 0.453 bits per heavy atom. The first-order chi connectivity index (χ1) is 26.0. The Labute approximate surface area is 306 Å². The first kappa shape index (κ1) is 31.1. The van der Waals surface area contributed by atoms with Crippen LogP contribution in [-0.2, 0) is 10.0 Å². The fourth-order valence-electron chi connectivity index (χ4n) is 7.70. The Morgan fingerprint density at radius 2 is 0.981 bits per heavy atom. The molecule has 0 amide bonds. The minimum absolute atomic E-state index is 0.229. The maximum atomic E-state index is 14.9. The topological polar surface area (TPSA) is 76.1 Å². The summed E-state index contributed by atoms with van der Waals surface area (Å²) in [7, 11) is -4.05. The molecule has 0 aliphatic carbocycles. The van der Waals surface area contributed by atoms with E-state index in [9.17, 15) is 8.42 Å². The van der Waals surface area contributed by atoms with Crippen LogP contribution in [0.5, 0.6) is 0 Å². The molecule has 0 saturated heterocycles. The molecule has 9 aromatic rings. The minimum atomic E-state index is -4.05. The van der Waals surface area contributed by atoms with Gasteiger partial charge in [0.1, 0.15) is 0 Å². The molecule has 8 aromatic carbocycles. The largest absolute Gasteiger partial charge is 0.269 e. The Hall–Kier alpha value is -6.70. The van der Waals surface area contributed by atoms with E-state index in [-0.39, 0.29) is 4.90 Å². The monoisotopic (exact) mass is 702 g/mol. The van der Waals surface area contributed by atoms with E-state index in [1.165, 1.54) is 4.31 Å². The average molecular weight is 703 g/mol. The number of hydrogen-bond donors (Lipinski definition) is 0. The van der Waals surface area contributed by atoms with Crippen LogP contribution in [0.25, 0.3) is 77.6 Å². The van der Waals surface area contributed by atoms with Gasteiger partial charge >= 0.3 is 0 Å². The molecule has 0 bridgehead atoms. The van der Waals surface area contributed by atoms with Crippen molar-refractivity contribution in [2.45, 2.75) is 11.8 Å². The highest BCUT2D eigenvalue weighted by Gasteiger charge is 2.38. The van der Waals surface area contributed by atoms with Crippen molar-refractivity contribution in [1.29, 1.82) is 0 Å². The number of nitrogens with zero attached hydrogens (tertiary/aromatic N) is 4. The smallest absolute Gasteiger partial charge is 0.234 e. The van der Waals surface area contributed by atoms with Crippen LogP contribution >= 0.6 is 0 Å². The third-order valence-corrected chi connectivity index (χ3v) is 11.9. The lowest BCUT2D eigenvalue weighted by atomic mass is 9.93. The zero-order chi connectivity index (χ0) is 35.7. The third-order valence-electron chi connectivity index (χ3n) is 10.1. The fraction of sp³-hybridized carbons (Fsp3) is 0.0217. The normalized spacial score (nSPS) is 13.3. The summed E-state index contributed by atoms with van der Waals surface area (Å²) < 4.78 is 31.3. The Bertz CT molecular complexity index is 2950. The zero-order valence-corrected chi connectivity index (χ0v) is 29.4. The van der Waals surface area contributed by atoms with Crippen LogP contribution in [-0.4, -0.2) is 23.4 Å². The molecule has 1 aliphatic rings. The molecule has 1 aliphatic heterocycles. The van der Waals surface area contributed by atoms with E-state index < -0.39 is 10.0 Å². The Morgan fingerprint density at radius 3 is 1.58 bits per heavy atom. The van der Waals surface area contributed by atoms with Crippen LogP contribution in [0.2, 0.25) is 0 Å². The molecule has 252 valence electrons. The van der Waals surface area contributed by atoms with Gasteiger partial charge in [-0.15, -0.1) is 0 Å². The van der Waals surface area contributed by atoms with Gasteiger partial charge in [0.05, 0.1) is 16.3 Å². The second-order valence-electron chi connectivity index (χ2n) is 13.3. The summed E-state index contributed by atoms with van der Waals surface area (Å²) >= 11 is 0. The molecule has 0 radical (unpaired) electrons. The van der Waals surface area contributed by atoms with Crippen molar-refractivity contribution in [3.63, 3.8) is 0 Å². The molecule has 0 atom stereocenters. The van der Waals surface area contributed by atoms with Crippen molar-refractivity contribution in [2.75, 3.05) is 4.31 Å². The van der Waals surface area contributed by atoms with E-state index in [0.29, 0.717) is 40.0 Å². The van der Waals surface area contributed by atoms with E-state index >= 15 is 0 Å². The SMILES string of the molecule is Cc1ccc2c(c1)-c1c(-c3nc(-c4ccccc4)nc(-c4ccccc4)n3)cccc1N(c1ccc3c4ccccc4c4ccccc4c3c1)S2(=O)=O. The standard InChI is InChI=1S/C46H30N4O2S/c1-29-23-26-42-40(27-29)43-38(46-48-44(30-13-4-2-5-14-30)47-45(49-46)31-15-6-3-7-16-31)21-12-22-41(43)50(53(42,51)52)32-24-25-37-35-19-9-8-17-33(35)34-18-10-11-20-36(34)39(37)28-32/h2-28H,1H3. The van der Waals surface area contributed by atoms with E-state index in [1.54, 1.807) is 6.07 Å². The number of fused-ring (bicyclic) bond motifs is 9. The van der Waals surface area contributed by atoms with Crippen LogP contribution in [0.3, 0.4) is 0 Å². The van der Waals surface area contributed by atoms with Crippen LogP contribution in [0, 0.1) is 6.92 Å². The molecule has 0 N–H and O–H groups in total. The van der Waals surface area contributed by atoms with Gasteiger partial charge < -0.3 is 0 Å². The molecule has 0 unspecified atom stereocenters. The fourth-order valence-corrected chi connectivity index (χ4v) is 9.38. The number of aromatic nitrogens is 3. The molecule has 6 nitrogen and oxygen atoms in total. The minimum Gasteiger partial charge on any atom is -0.234 e. The number of sulfonamides is 1. The predicted molar refractivity (Wildman–Crippen MR) is 215 cm³/mol. The summed E-state index contributed by atoms with van der Waals surface area (Å²) in [6, 6.07) is 53.6. The summed E-state index contributed by atoms with van der Waals surface area (Å²) in [5.41, 5.74) is 5.82. The van der Waals surface area contributed by atoms with Crippen LogP contribution in [0.15, 0.2) is 169 Å². The van der Waals surface area contributed by atoms with E-state index in [2.05, 4.69) is 30.3 Å². The highest BCUT2D eigenvalue weighted by atomic mass is 32.2. The maximum Gasteiger partial charge on any atom is 0.269 e. The molecule has 10 rings (SSSR count).